The van der Waals surface area contributed by atoms with Crippen LogP contribution in [-0.2, 0) is 4.74 Å². The highest BCUT2D eigenvalue weighted by molar-refractivity contribution is 5.67. The Balaban J connectivity index is 0.00000117. The second-order valence-corrected chi connectivity index (χ2v) is 5.91. The van der Waals surface area contributed by atoms with Crippen molar-refractivity contribution < 1.29 is 13.9 Å². The van der Waals surface area contributed by atoms with Gasteiger partial charge in [-0.2, -0.15) is 5.26 Å². The van der Waals surface area contributed by atoms with Crippen LogP contribution in [0.4, 0.5) is 16.0 Å². The second-order valence-electron chi connectivity index (χ2n) is 5.91. The fourth-order valence-electron chi connectivity index (χ4n) is 2.97. The number of nitrogens with two attached hydrogens (primary N) is 1. The average Bonchev–Trinajstić information content (AvgIpc) is 3.18. The summed E-state index contributed by atoms with van der Waals surface area (Å²) in [6, 6.07) is 4.60. The van der Waals surface area contributed by atoms with Crippen LogP contribution in [0.1, 0.15) is 19.4 Å². The van der Waals surface area contributed by atoms with Gasteiger partial charge in [-0.3, -0.25) is 0 Å². The predicted molar refractivity (Wildman–Crippen MR) is 106 cm³/mol. The average molecular weight is 399 g/mol. The van der Waals surface area contributed by atoms with Crippen molar-refractivity contribution in [1.82, 2.24) is 19.6 Å². The molecule has 0 atom stereocenters. The van der Waals surface area contributed by atoms with E-state index >= 15 is 0 Å². The van der Waals surface area contributed by atoms with E-state index in [2.05, 4.69) is 15.1 Å². The van der Waals surface area contributed by atoms with Crippen LogP contribution in [0.15, 0.2) is 18.3 Å². The molecule has 2 N–H and O–H groups in total. The number of nitriles is 1. The number of methoxy groups -OCH3 is 1. The Kier molecular flexibility index (Phi) is 6.09. The molecule has 1 fully saturated rings. The van der Waals surface area contributed by atoms with Gasteiger partial charge in [0.05, 0.1) is 32.1 Å². The van der Waals surface area contributed by atoms with Crippen molar-refractivity contribution in [1.29, 1.82) is 5.26 Å². The molecule has 1 aliphatic heterocycles. The van der Waals surface area contributed by atoms with E-state index in [4.69, 9.17) is 20.5 Å². The molecule has 4 heterocycles. The highest BCUT2D eigenvalue weighted by Gasteiger charge is 2.22. The molecule has 1 aliphatic rings. The van der Waals surface area contributed by atoms with E-state index in [1.165, 1.54) is 10.7 Å². The first-order chi connectivity index (χ1) is 14.1. The largest absolute Gasteiger partial charge is 0.493 e. The van der Waals surface area contributed by atoms with Gasteiger partial charge in [0.2, 0.25) is 0 Å². The summed E-state index contributed by atoms with van der Waals surface area (Å²) in [5.41, 5.74) is 6.51. The number of nitrogen functional groups attached to an aromatic ring is 1. The number of fused-ring (bicyclic) bond motifs is 1. The monoisotopic (exact) mass is 399 g/mol. The van der Waals surface area contributed by atoms with Crippen LogP contribution in [0.5, 0.6) is 5.75 Å². The lowest BCUT2D eigenvalue weighted by molar-refractivity contribution is 0.122. The smallest absolute Gasteiger partial charge is 0.192 e. The van der Waals surface area contributed by atoms with Crippen molar-refractivity contribution in [2.24, 2.45) is 0 Å². The van der Waals surface area contributed by atoms with E-state index < -0.39 is 5.82 Å². The molecule has 152 valence electrons. The van der Waals surface area contributed by atoms with Gasteiger partial charge in [-0.25, -0.2) is 18.9 Å². The minimum Gasteiger partial charge on any atom is -0.493 e. The summed E-state index contributed by atoms with van der Waals surface area (Å²) in [7, 11) is 1.56. The van der Waals surface area contributed by atoms with E-state index in [1.807, 2.05) is 24.8 Å². The molecular formula is C19H22FN7O2. The minimum absolute atomic E-state index is 0.0197. The standard InChI is InChI=1S/C17H16FN7O2.C2H6/c1-26-13-7-14-21-9-12(15-11(18)6-10(8-19)16(20)22-15)25(14)23-17(13)24-2-4-27-5-3-24;1-2/h6-7,9H,2-5H2,1H3,(H2,20,22);1-2H3. The molecule has 0 radical (unpaired) electrons. The molecule has 1 saturated heterocycles. The van der Waals surface area contributed by atoms with Crippen molar-refractivity contribution in [3.8, 4) is 23.2 Å². The highest BCUT2D eigenvalue weighted by Crippen LogP contribution is 2.30. The molecule has 0 saturated carbocycles. The molecule has 0 unspecified atom stereocenters. The fraction of sp³-hybridized carbons (Fsp3) is 0.368. The predicted octanol–water partition coefficient (Wildman–Crippen LogP) is 2.26. The molecule has 0 aliphatic carbocycles. The van der Waals surface area contributed by atoms with E-state index in [1.54, 1.807) is 13.2 Å². The number of pyridine rings is 1. The number of hydrogen-bond donors (Lipinski definition) is 1. The van der Waals surface area contributed by atoms with Crippen LogP contribution < -0.4 is 15.4 Å². The van der Waals surface area contributed by atoms with Gasteiger partial charge in [-0.05, 0) is 6.07 Å². The molecule has 29 heavy (non-hydrogen) atoms. The molecule has 3 aromatic heterocycles. The first-order valence-electron chi connectivity index (χ1n) is 9.24. The van der Waals surface area contributed by atoms with Gasteiger partial charge in [0.1, 0.15) is 23.3 Å². The van der Waals surface area contributed by atoms with E-state index in [9.17, 15) is 4.39 Å². The Labute approximate surface area is 167 Å². The van der Waals surface area contributed by atoms with Gasteiger partial charge in [0, 0.05) is 19.2 Å². The summed E-state index contributed by atoms with van der Waals surface area (Å²) >= 11 is 0. The summed E-state index contributed by atoms with van der Waals surface area (Å²) in [6.07, 6.45) is 1.46. The molecule has 0 aromatic carbocycles. The summed E-state index contributed by atoms with van der Waals surface area (Å²) in [6.45, 7) is 6.49. The van der Waals surface area contributed by atoms with Crippen LogP contribution in [-0.4, -0.2) is 53.0 Å². The summed E-state index contributed by atoms with van der Waals surface area (Å²) in [5.74, 6) is 0.447. The lowest BCUT2D eigenvalue weighted by Gasteiger charge is -2.28. The number of rotatable bonds is 3. The number of imidazole rings is 1. The summed E-state index contributed by atoms with van der Waals surface area (Å²) in [4.78, 5) is 10.3. The van der Waals surface area contributed by atoms with Crippen molar-refractivity contribution in [2.45, 2.75) is 13.8 Å². The minimum atomic E-state index is -0.673. The number of morpholine rings is 1. The third-order valence-electron chi connectivity index (χ3n) is 4.34. The maximum absolute atomic E-state index is 14.5. The maximum Gasteiger partial charge on any atom is 0.192 e. The van der Waals surface area contributed by atoms with Gasteiger partial charge in [-0.15, -0.1) is 5.10 Å². The maximum atomic E-state index is 14.5. The molecule has 0 spiro atoms. The van der Waals surface area contributed by atoms with Crippen LogP contribution in [0.25, 0.3) is 17.0 Å². The van der Waals surface area contributed by atoms with Crippen molar-refractivity contribution >= 4 is 17.3 Å². The van der Waals surface area contributed by atoms with Gasteiger partial charge < -0.3 is 20.1 Å². The Morgan fingerprint density at radius 1 is 1.28 bits per heavy atom. The Bertz CT molecular complexity index is 1050. The third kappa shape index (κ3) is 3.77. The van der Waals surface area contributed by atoms with Crippen molar-refractivity contribution in [2.75, 3.05) is 44.0 Å². The zero-order valence-electron chi connectivity index (χ0n) is 16.5. The van der Waals surface area contributed by atoms with Gasteiger partial charge in [0.15, 0.2) is 23.0 Å². The highest BCUT2D eigenvalue weighted by atomic mass is 19.1. The Hall–Kier alpha value is -3.45. The number of aromatic nitrogens is 4. The molecule has 3 aromatic rings. The van der Waals surface area contributed by atoms with E-state index in [0.717, 1.165) is 6.07 Å². The number of hydrogen-bond acceptors (Lipinski definition) is 8. The lowest BCUT2D eigenvalue weighted by atomic mass is 10.2. The number of anilines is 2. The molecular weight excluding hydrogens is 377 g/mol. The summed E-state index contributed by atoms with van der Waals surface area (Å²) in [5, 5.41) is 13.6. The van der Waals surface area contributed by atoms with Crippen LogP contribution in [0, 0.1) is 17.1 Å². The topological polar surface area (TPSA) is 115 Å². The summed E-state index contributed by atoms with van der Waals surface area (Å²) < 4.78 is 26.8. The number of ether oxygens (including phenoxy) is 2. The SMILES string of the molecule is CC.COc1cc2ncc(-c3nc(N)c(C#N)cc3F)n2nc1N1CCOCC1. The quantitative estimate of drug-likeness (QED) is 0.713. The van der Waals surface area contributed by atoms with Gasteiger partial charge in [0.25, 0.3) is 0 Å². The fourth-order valence-corrected chi connectivity index (χ4v) is 2.97. The van der Waals surface area contributed by atoms with Gasteiger partial charge in [-0.1, -0.05) is 13.8 Å². The molecule has 9 nitrogen and oxygen atoms in total. The molecule has 0 amide bonds. The second kappa shape index (κ2) is 8.70. The van der Waals surface area contributed by atoms with E-state index in [-0.39, 0.29) is 17.1 Å². The Morgan fingerprint density at radius 3 is 2.66 bits per heavy atom. The molecule has 10 heteroatoms. The van der Waals surface area contributed by atoms with Crippen LogP contribution in [0.2, 0.25) is 0 Å². The van der Waals surface area contributed by atoms with Gasteiger partial charge >= 0.3 is 0 Å². The van der Waals surface area contributed by atoms with Crippen LogP contribution >= 0.6 is 0 Å². The number of halogens is 1. The van der Waals surface area contributed by atoms with E-state index in [0.29, 0.717) is 49.2 Å². The first kappa shape index (κ1) is 20.3. The van der Waals surface area contributed by atoms with Crippen molar-refractivity contribution in [3.05, 3.63) is 29.7 Å². The Morgan fingerprint density at radius 2 is 2.00 bits per heavy atom. The molecule has 4 rings (SSSR count). The van der Waals surface area contributed by atoms with Crippen molar-refractivity contribution in [3.63, 3.8) is 0 Å². The third-order valence-corrected chi connectivity index (χ3v) is 4.34. The van der Waals surface area contributed by atoms with Crippen LogP contribution in [0.3, 0.4) is 0 Å². The normalized spacial score (nSPS) is 13.6. The number of nitrogens with zero attached hydrogens (tertiary/aromatic N) is 6. The first-order valence-corrected chi connectivity index (χ1v) is 9.24. The zero-order chi connectivity index (χ0) is 21.0. The molecule has 0 bridgehead atoms. The lowest BCUT2D eigenvalue weighted by Crippen LogP contribution is -2.37. The zero-order valence-corrected chi connectivity index (χ0v) is 16.5.